The van der Waals surface area contributed by atoms with E-state index >= 15 is 0 Å². The van der Waals surface area contributed by atoms with Gasteiger partial charge < -0.3 is 5.32 Å². The Bertz CT molecular complexity index is 503. The Kier molecular flexibility index (Phi) is 5.41. The van der Waals surface area contributed by atoms with Crippen LogP contribution in [0.5, 0.6) is 0 Å². The molecule has 2 aromatic heterocycles. The average molecular weight is 308 g/mol. The van der Waals surface area contributed by atoms with E-state index in [9.17, 15) is 0 Å². The lowest BCUT2D eigenvalue weighted by molar-refractivity contribution is 0.635. The second kappa shape index (κ2) is 6.38. The number of pyridine rings is 1. The van der Waals surface area contributed by atoms with Gasteiger partial charge in [-0.1, -0.05) is 11.6 Å². The highest BCUT2D eigenvalue weighted by Crippen LogP contribution is 2.16. The molecule has 0 aliphatic carbocycles. The summed E-state index contributed by atoms with van der Waals surface area (Å²) in [4.78, 5) is 3.96. The first kappa shape index (κ1) is 15.2. The first-order valence-electron chi connectivity index (χ1n) is 5.23. The van der Waals surface area contributed by atoms with Gasteiger partial charge in [0.05, 0.1) is 11.4 Å². The molecule has 1 aliphatic rings. The summed E-state index contributed by atoms with van der Waals surface area (Å²) in [7, 11) is 0. The highest BCUT2D eigenvalue weighted by Gasteiger charge is 2.13. The quantitative estimate of drug-likeness (QED) is 0.823. The fourth-order valence-corrected chi connectivity index (χ4v) is 2.07. The van der Waals surface area contributed by atoms with E-state index in [0.717, 1.165) is 25.2 Å². The van der Waals surface area contributed by atoms with Gasteiger partial charge in [0.2, 0.25) is 0 Å². The summed E-state index contributed by atoms with van der Waals surface area (Å²) in [6, 6.07) is 3.71. The van der Waals surface area contributed by atoms with E-state index in [-0.39, 0.29) is 24.8 Å². The highest BCUT2D eigenvalue weighted by atomic mass is 35.5. The van der Waals surface area contributed by atoms with Gasteiger partial charge in [0, 0.05) is 43.5 Å². The Hall–Kier alpha value is -0.810. The summed E-state index contributed by atoms with van der Waals surface area (Å²) in [5.74, 6) is 0. The van der Waals surface area contributed by atoms with Crippen molar-refractivity contribution in [3.05, 3.63) is 40.9 Å². The lowest BCUT2D eigenvalue weighted by Crippen LogP contribution is -2.22. The Morgan fingerprint density at radius 2 is 2.17 bits per heavy atom. The number of aromatic nitrogens is 3. The number of fused-ring (bicyclic) bond motifs is 1. The topological polar surface area (TPSA) is 42.7 Å². The zero-order valence-electron chi connectivity index (χ0n) is 9.47. The summed E-state index contributed by atoms with van der Waals surface area (Å²) in [6.45, 7) is 1.90. The summed E-state index contributed by atoms with van der Waals surface area (Å²) in [6.07, 6.45) is 4.73. The predicted molar refractivity (Wildman–Crippen MR) is 76.3 cm³/mol. The van der Waals surface area contributed by atoms with Crippen molar-refractivity contribution in [3.63, 3.8) is 0 Å². The van der Waals surface area contributed by atoms with Crippen molar-refractivity contribution in [2.45, 2.75) is 13.0 Å². The zero-order chi connectivity index (χ0) is 11.0. The maximum absolute atomic E-state index is 5.86. The average Bonchev–Trinajstić information content (AvgIpc) is 2.72. The van der Waals surface area contributed by atoms with Crippen molar-refractivity contribution < 1.29 is 0 Å². The maximum Gasteiger partial charge on any atom is 0.131 e. The standard InChI is InChI=1S/C11H11ClN4.2ClH/c12-11-5-9(1-4-14-11)16-7-8-6-13-3-2-10(8)15-16;;/h1,4-5,7,13H,2-3,6H2;2*1H. The molecule has 98 valence electrons. The van der Waals surface area contributed by atoms with Crippen molar-refractivity contribution in [1.29, 1.82) is 0 Å². The molecule has 0 bridgehead atoms. The molecule has 3 heterocycles. The molecule has 4 nitrogen and oxygen atoms in total. The van der Waals surface area contributed by atoms with Crippen LogP contribution in [0.3, 0.4) is 0 Å². The van der Waals surface area contributed by atoms with Crippen LogP contribution in [0.1, 0.15) is 11.3 Å². The largest absolute Gasteiger partial charge is 0.312 e. The maximum atomic E-state index is 5.86. The minimum absolute atomic E-state index is 0. The first-order chi connectivity index (χ1) is 7.83. The van der Waals surface area contributed by atoms with Crippen molar-refractivity contribution in [2.24, 2.45) is 0 Å². The fourth-order valence-electron chi connectivity index (χ4n) is 1.90. The Morgan fingerprint density at radius 3 is 2.89 bits per heavy atom. The predicted octanol–water partition coefficient (Wildman–Crippen LogP) is 2.41. The van der Waals surface area contributed by atoms with Crippen LogP contribution in [-0.4, -0.2) is 21.3 Å². The number of halogens is 3. The molecule has 18 heavy (non-hydrogen) atoms. The molecule has 0 amide bonds. The van der Waals surface area contributed by atoms with Crippen LogP contribution in [0, 0.1) is 0 Å². The lowest BCUT2D eigenvalue weighted by atomic mass is 10.1. The highest BCUT2D eigenvalue weighted by molar-refractivity contribution is 6.29. The monoisotopic (exact) mass is 306 g/mol. The summed E-state index contributed by atoms with van der Waals surface area (Å²) < 4.78 is 1.87. The van der Waals surface area contributed by atoms with E-state index in [2.05, 4.69) is 15.4 Å². The van der Waals surface area contributed by atoms with Crippen LogP contribution in [-0.2, 0) is 13.0 Å². The van der Waals surface area contributed by atoms with Crippen LogP contribution >= 0.6 is 36.4 Å². The molecule has 1 N–H and O–H groups in total. The molecule has 0 fully saturated rings. The molecular weight excluding hydrogens is 295 g/mol. The second-order valence-electron chi connectivity index (χ2n) is 3.81. The minimum Gasteiger partial charge on any atom is -0.312 e. The minimum atomic E-state index is 0. The molecule has 0 unspecified atom stereocenters. The van der Waals surface area contributed by atoms with Crippen molar-refractivity contribution in [1.82, 2.24) is 20.1 Å². The SMILES string of the molecule is Cl.Cl.Clc1cc(-n2cc3c(n2)CCNC3)ccn1. The molecule has 2 aromatic rings. The molecule has 0 saturated carbocycles. The van der Waals surface area contributed by atoms with Crippen LogP contribution in [0.25, 0.3) is 5.69 Å². The number of hydrogen-bond acceptors (Lipinski definition) is 3. The summed E-state index contributed by atoms with van der Waals surface area (Å²) in [5, 5.41) is 8.37. The third-order valence-corrected chi connectivity index (χ3v) is 2.91. The van der Waals surface area contributed by atoms with Gasteiger partial charge in [-0.3, -0.25) is 0 Å². The molecular formula is C11H13Cl3N4. The summed E-state index contributed by atoms with van der Waals surface area (Å²) >= 11 is 5.86. The number of rotatable bonds is 1. The third kappa shape index (κ3) is 2.95. The van der Waals surface area contributed by atoms with E-state index in [1.54, 1.807) is 6.20 Å². The van der Waals surface area contributed by atoms with Crippen molar-refractivity contribution in [2.75, 3.05) is 6.54 Å². The molecule has 0 aromatic carbocycles. The number of nitrogens with one attached hydrogen (secondary N) is 1. The van der Waals surface area contributed by atoms with Crippen LogP contribution in [0.4, 0.5) is 0 Å². The van der Waals surface area contributed by atoms with Crippen molar-refractivity contribution in [3.8, 4) is 5.69 Å². The molecule has 0 saturated heterocycles. The van der Waals surface area contributed by atoms with Gasteiger partial charge in [-0.05, 0) is 6.07 Å². The van der Waals surface area contributed by atoms with Gasteiger partial charge in [0.1, 0.15) is 5.15 Å². The Morgan fingerprint density at radius 1 is 1.33 bits per heavy atom. The molecule has 1 aliphatic heterocycles. The van der Waals surface area contributed by atoms with E-state index in [4.69, 9.17) is 11.6 Å². The van der Waals surface area contributed by atoms with E-state index in [1.807, 2.05) is 23.0 Å². The summed E-state index contributed by atoms with van der Waals surface area (Å²) in [5.41, 5.74) is 3.39. The third-order valence-electron chi connectivity index (χ3n) is 2.71. The van der Waals surface area contributed by atoms with Crippen LogP contribution in [0.15, 0.2) is 24.5 Å². The Balaban J connectivity index is 0.000000810. The van der Waals surface area contributed by atoms with Gasteiger partial charge in [0.25, 0.3) is 0 Å². The van der Waals surface area contributed by atoms with Gasteiger partial charge in [-0.25, -0.2) is 9.67 Å². The van der Waals surface area contributed by atoms with Crippen molar-refractivity contribution >= 4 is 36.4 Å². The molecule has 7 heteroatoms. The number of nitrogens with zero attached hydrogens (tertiary/aromatic N) is 3. The van der Waals surface area contributed by atoms with E-state index < -0.39 is 0 Å². The smallest absolute Gasteiger partial charge is 0.131 e. The molecule has 0 atom stereocenters. The van der Waals surface area contributed by atoms with E-state index in [1.165, 1.54) is 11.3 Å². The molecule has 0 spiro atoms. The Labute approximate surface area is 123 Å². The normalized spacial score (nSPS) is 13.2. The fraction of sp³-hybridized carbons (Fsp3) is 0.273. The first-order valence-corrected chi connectivity index (χ1v) is 5.61. The zero-order valence-corrected chi connectivity index (χ0v) is 11.9. The van der Waals surface area contributed by atoms with Gasteiger partial charge in [-0.15, -0.1) is 24.8 Å². The molecule has 3 rings (SSSR count). The van der Waals surface area contributed by atoms with Crippen LogP contribution in [0.2, 0.25) is 5.15 Å². The lowest BCUT2D eigenvalue weighted by Gasteiger charge is -2.09. The second-order valence-corrected chi connectivity index (χ2v) is 4.20. The van der Waals surface area contributed by atoms with Crippen LogP contribution < -0.4 is 5.32 Å². The van der Waals surface area contributed by atoms with Gasteiger partial charge in [0.15, 0.2) is 0 Å². The molecule has 0 radical (unpaired) electrons. The van der Waals surface area contributed by atoms with E-state index in [0.29, 0.717) is 5.15 Å². The van der Waals surface area contributed by atoms with Gasteiger partial charge >= 0.3 is 0 Å². The number of hydrogen-bond donors (Lipinski definition) is 1. The van der Waals surface area contributed by atoms with Gasteiger partial charge in [-0.2, -0.15) is 5.10 Å².